The first-order chi connectivity index (χ1) is 6.99. The highest BCUT2D eigenvalue weighted by Gasteiger charge is 2.17. The van der Waals surface area contributed by atoms with E-state index in [1.54, 1.807) is 6.07 Å². The van der Waals surface area contributed by atoms with Gasteiger partial charge in [-0.25, -0.2) is 0 Å². The Kier molecular flexibility index (Phi) is 4.91. The molecule has 1 fully saturated rings. The van der Waals surface area contributed by atoms with Crippen LogP contribution in [-0.4, -0.2) is 10.2 Å². The highest BCUT2D eigenvalue weighted by Crippen LogP contribution is 2.22. The van der Waals surface area contributed by atoms with Gasteiger partial charge in [-0.05, 0) is 18.6 Å². The molecule has 0 bridgehead atoms. The average Bonchev–Trinajstić information content (AvgIpc) is 2.92. The molecule has 0 aromatic heterocycles. The average molecular weight is 247 g/mol. The van der Waals surface area contributed by atoms with Gasteiger partial charge in [0.05, 0.1) is 0 Å². The van der Waals surface area contributed by atoms with Crippen molar-refractivity contribution in [2.24, 2.45) is 0 Å². The lowest BCUT2D eigenvalue weighted by Gasteiger charge is -2.14. The van der Waals surface area contributed by atoms with Crippen molar-refractivity contribution in [3.8, 4) is 0 Å². The van der Waals surface area contributed by atoms with Gasteiger partial charge in [-0.1, -0.05) is 60.7 Å². The lowest BCUT2D eigenvalue weighted by atomic mass is 10.1. The molecule has 1 aliphatic carbocycles. The van der Waals surface area contributed by atoms with Gasteiger partial charge in [-0.3, -0.25) is 0 Å². The summed E-state index contributed by atoms with van der Waals surface area (Å²) in [6.45, 7) is 1.54. The van der Waals surface area contributed by atoms with Crippen molar-refractivity contribution in [3.63, 3.8) is 0 Å². The van der Waals surface area contributed by atoms with Crippen molar-refractivity contribution in [1.29, 1.82) is 0 Å². The number of hydrogen-bond donors (Lipinski definition) is 1. The molecule has 84 valence electrons. The zero-order valence-electron chi connectivity index (χ0n) is 8.84. The van der Waals surface area contributed by atoms with Crippen LogP contribution in [0.15, 0.2) is 24.3 Å². The first-order valence-electron chi connectivity index (χ1n) is 5.14. The zero-order valence-corrected chi connectivity index (χ0v) is 10.4. The monoisotopic (exact) mass is 246 g/mol. The molecule has 0 amide bonds. The summed E-state index contributed by atoms with van der Waals surface area (Å²) >= 11 is 11.5. The second kappa shape index (κ2) is 5.74. The molecule has 1 atom stereocenters. The maximum absolute atomic E-state index is 9.30. The highest BCUT2D eigenvalue weighted by molar-refractivity contribution is 6.31. The molecule has 1 N–H and O–H groups in total. The summed E-state index contributed by atoms with van der Waals surface area (Å²) < 4.78 is 0. The van der Waals surface area contributed by atoms with Crippen molar-refractivity contribution in [2.75, 3.05) is 0 Å². The predicted octanol–water partition coefficient (Wildman–Crippen LogP) is 4.00. The summed E-state index contributed by atoms with van der Waals surface area (Å²) in [7, 11) is 0. The molecular weight excluding hydrogens is 231 g/mol. The van der Waals surface area contributed by atoms with Crippen molar-refractivity contribution in [2.45, 2.75) is 37.7 Å². The topological polar surface area (TPSA) is 20.2 Å². The molecule has 3 heteroatoms. The minimum absolute atomic E-state index is 0.355. The van der Waals surface area contributed by atoms with E-state index in [-0.39, 0.29) is 0 Å². The number of hydrogen-bond acceptors (Lipinski definition) is 1. The first kappa shape index (κ1) is 12.8. The minimum atomic E-state index is -1.22. The molecule has 1 aliphatic rings. The van der Waals surface area contributed by atoms with E-state index in [1.807, 2.05) is 18.2 Å². The first-order valence-corrected chi connectivity index (χ1v) is 5.89. The third kappa shape index (κ3) is 6.77. The van der Waals surface area contributed by atoms with Gasteiger partial charge in [-0.2, -0.15) is 0 Å². The molecule has 1 unspecified atom stereocenters. The number of halogens is 2. The molecule has 0 radical (unpaired) electrons. The molecule has 0 spiro atoms. The molecule has 0 aliphatic heterocycles. The van der Waals surface area contributed by atoms with E-state index in [1.165, 1.54) is 26.2 Å². The number of alkyl halides is 1. The normalized spacial score (nSPS) is 17.3. The largest absolute Gasteiger partial charge is 0.375 e. The third-order valence-electron chi connectivity index (χ3n) is 1.82. The highest BCUT2D eigenvalue weighted by atomic mass is 35.5. The smallest absolute Gasteiger partial charge is 0.139 e. The molecular formula is C12H16Cl2O. The lowest BCUT2D eigenvalue weighted by molar-refractivity contribution is 0.150. The second-order valence-corrected chi connectivity index (χ2v) is 5.19. The second-order valence-electron chi connectivity index (χ2n) is 3.97. The van der Waals surface area contributed by atoms with Crippen molar-refractivity contribution < 1.29 is 5.11 Å². The van der Waals surface area contributed by atoms with Crippen molar-refractivity contribution in [3.05, 3.63) is 34.9 Å². The molecule has 0 saturated heterocycles. The Hall–Kier alpha value is -0.240. The maximum Gasteiger partial charge on any atom is 0.139 e. The number of rotatable bonds is 2. The quantitative estimate of drug-likeness (QED) is 0.783. The summed E-state index contributed by atoms with van der Waals surface area (Å²) in [4.78, 5) is 0. The molecule has 15 heavy (non-hydrogen) atoms. The van der Waals surface area contributed by atoms with E-state index in [4.69, 9.17) is 23.2 Å². The molecule has 1 saturated carbocycles. The van der Waals surface area contributed by atoms with Gasteiger partial charge >= 0.3 is 0 Å². The van der Waals surface area contributed by atoms with Gasteiger partial charge in [0.1, 0.15) is 5.06 Å². The Labute approximate surface area is 101 Å². The van der Waals surface area contributed by atoms with Gasteiger partial charge < -0.3 is 5.11 Å². The van der Waals surface area contributed by atoms with Crippen LogP contribution in [0.4, 0.5) is 0 Å². The van der Waals surface area contributed by atoms with E-state index in [2.05, 4.69) is 0 Å². The zero-order chi connectivity index (χ0) is 11.3. The molecule has 1 aromatic carbocycles. The Morgan fingerprint density at radius 3 is 2.20 bits per heavy atom. The maximum atomic E-state index is 9.30. The van der Waals surface area contributed by atoms with Crippen LogP contribution >= 0.6 is 23.2 Å². The van der Waals surface area contributed by atoms with E-state index >= 15 is 0 Å². The fraction of sp³-hybridized carbons (Fsp3) is 0.500. The summed E-state index contributed by atoms with van der Waals surface area (Å²) in [5.74, 6) is 0. The number of aliphatic hydroxyl groups is 1. The van der Waals surface area contributed by atoms with Gasteiger partial charge in [0.25, 0.3) is 0 Å². The molecule has 1 nitrogen and oxygen atoms in total. The van der Waals surface area contributed by atoms with E-state index in [0.717, 1.165) is 5.56 Å². The van der Waals surface area contributed by atoms with E-state index in [9.17, 15) is 5.11 Å². The van der Waals surface area contributed by atoms with Crippen LogP contribution in [0, 0.1) is 0 Å². The summed E-state index contributed by atoms with van der Waals surface area (Å²) in [5, 5.41) is 8.72. The lowest BCUT2D eigenvalue weighted by Crippen LogP contribution is -2.18. The predicted molar refractivity (Wildman–Crippen MR) is 65.5 cm³/mol. The van der Waals surface area contributed by atoms with Crippen LogP contribution in [0.5, 0.6) is 0 Å². The third-order valence-corrected chi connectivity index (χ3v) is 2.33. The summed E-state index contributed by atoms with van der Waals surface area (Å²) in [5.41, 5.74) is 0.860. The van der Waals surface area contributed by atoms with Crippen LogP contribution in [0.2, 0.25) is 5.02 Å². The fourth-order valence-corrected chi connectivity index (χ4v) is 1.34. The minimum Gasteiger partial charge on any atom is -0.375 e. The van der Waals surface area contributed by atoms with E-state index < -0.39 is 5.06 Å². The van der Waals surface area contributed by atoms with Crippen LogP contribution in [0.3, 0.4) is 0 Å². The van der Waals surface area contributed by atoms with Gasteiger partial charge in [0.2, 0.25) is 0 Å². The van der Waals surface area contributed by atoms with Gasteiger partial charge in [-0.15, -0.1) is 0 Å². The Morgan fingerprint density at radius 2 is 1.80 bits per heavy atom. The summed E-state index contributed by atoms with van der Waals surface area (Å²) in [6.07, 6.45) is 4.86. The number of benzene rings is 1. The molecule has 1 aromatic rings. The van der Waals surface area contributed by atoms with Crippen molar-refractivity contribution >= 4 is 23.2 Å². The van der Waals surface area contributed by atoms with Crippen molar-refractivity contribution in [1.82, 2.24) is 0 Å². The standard InChI is InChI=1S/C9H10Cl2O.C3H6/c1-9(11,12)6-7-4-2-3-5-8(7)10;1-2-3-1/h2-5,12H,6H2,1H3;1-3H2. The molecule has 0 heterocycles. The summed E-state index contributed by atoms with van der Waals surface area (Å²) in [6, 6.07) is 7.33. The Morgan fingerprint density at radius 1 is 1.27 bits per heavy atom. The fourth-order valence-electron chi connectivity index (χ4n) is 0.989. The molecule has 2 rings (SSSR count). The van der Waals surface area contributed by atoms with Crippen LogP contribution in [-0.2, 0) is 6.42 Å². The van der Waals surface area contributed by atoms with Crippen LogP contribution < -0.4 is 0 Å². The SMILES string of the molecule is C1CC1.CC(O)(Cl)Cc1ccccc1Cl. The van der Waals surface area contributed by atoms with Crippen LogP contribution in [0.1, 0.15) is 31.7 Å². The Bertz CT molecular complexity index is 300. The van der Waals surface area contributed by atoms with Gasteiger partial charge in [0.15, 0.2) is 0 Å². The Balaban J connectivity index is 0.000000319. The van der Waals surface area contributed by atoms with Gasteiger partial charge in [0, 0.05) is 11.4 Å². The van der Waals surface area contributed by atoms with Crippen LogP contribution in [0.25, 0.3) is 0 Å². The van der Waals surface area contributed by atoms with E-state index in [0.29, 0.717) is 11.4 Å².